The van der Waals surface area contributed by atoms with Crippen LogP contribution < -0.4 is 3.11 Å². The largest absolute Gasteiger partial charge is 0.273 e. The molecule has 0 aromatic heterocycles. The molecular weight excluding hydrogens is 289 g/mol. The summed E-state index contributed by atoms with van der Waals surface area (Å²) in [4.78, 5) is 12.0. The lowest BCUT2D eigenvalue weighted by Gasteiger charge is -2.06. The highest BCUT2D eigenvalue weighted by molar-refractivity contribution is 14.1. The van der Waals surface area contributed by atoms with Crippen LogP contribution in [0.3, 0.4) is 0 Å². The monoisotopic (exact) mass is 299 g/mol. The summed E-state index contributed by atoms with van der Waals surface area (Å²) in [7, 11) is 0. The maximum atomic E-state index is 12.0. The van der Waals surface area contributed by atoms with Crippen molar-refractivity contribution in [3.8, 4) is 0 Å². The van der Waals surface area contributed by atoms with Crippen LogP contribution in [-0.2, 0) is 10.2 Å². The van der Waals surface area contributed by atoms with Crippen LogP contribution in [0.4, 0.5) is 5.69 Å². The number of carbonyl (C=O) groups is 1. The molecule has 0 atom stereocenters. The third-order valence-corrected chi connectivity index (χ3v) is 4.18. The van der Waals surface area contributed by atoms with E-state index in [4.69, 9.17) is 0 Å². The predicted molar refractivity (Wildman–Crippen MR) is 63.6 cm³/mol. The van der Waals surface area contributed by atoms with E-state index in [9.17, 15) is 4.79 Å². The van der Waals surface area contributed by atoms with Crippen molar-refractivity contribution in [3.05, 3.63) is 29.3 Å². The molecule has 0 N–H and O–H groups in total. The lowest BCUT2D eigenvalue weighted by molar-refractivity contribution is -0.118. The Labute approximate surface area is 96.8 Å². The zero-order valence-electron chi connectivity index (χ0n) is 7.88. The molecular formula is C11H10INO. The average molecular weight is 299 g/mol. The Balaban J connectivity index is 2.26. The van der Waals surface area contributed by atoms with Gasteiger partial charge in [0, 0.05) is 0 Å². The highest BCUT2D eigenvalue weighted by Gasteiger charge is 2.58. The normalized spacial score (nSPS) is 21.6. The van der Waals surface area contributed by atoms with E-state index in [2.05, 4.69) is 48.0 Å². The van der Waals surface area contributed by atoms with Crippen LogP contribution in [0, 0.1) is 6.92 Å². The standard InChI is InChI=1S/C11H10INO/c1-7-2-3-8-9(6-7)13(12)10(14)11(8)4-5-11/h2-3,6H,4-5H2,1H3. The van der Waals surface area contributed by atoms with E-state index in [1.54, 1.807) is 3.11 Å². The van der Waals surface area contributed by atoms with Crippen LogP contribution in [0.1, 0.15) is 24.0 Å². The van der Waals surface area contributed by atoms with Crippen LogP contribution in [0.25, 0.3) is 0 Å². The Morgan fingerprint density at radius 2 is 2.14 bits per heavy atom. The highest BCUT2D eigenvalue weighted by atomic mass is 127. The summed E-state index contributed by atoms with van der Waals surface area (Å²) in [5.41, 5.74) is 3.44. The SMILES string of the molecule is Cc1ccc2c(c1)N(I)C(=O)C21CC1. The molecule has 0 saturated heterocycles. The molecule has 1 aliphatic heterocycles. The van der Waals surface area contributed by atoms with E-state index in [-0.39, 0.29) is 11.3 Å². The van der Waals surface area contributed by atoms with Gasteiger partial charge < -0.3 is 0 Å². The number of hydrogen-bond donors (Lipinski definition) is 0. The van der Waals surface area contributed by atoms with Gasteiger partial charge in [-0.25, -0.2) is 0 Å². The molecule has 1 aromatic carbocycles. The number of nitrogens with zero attached hydrogens (tertiary/aromatic N) is 1. The van der Waals surface area contributed by atoms with Crippen molar-refractivity contribution in [3.63, 3.8) is 0 Å². The number of halogens is 1. The molecule has 1 aromatic rings. The zero-order chi connectivity index (χ0) is 9.92. The molecule has 0 unspecified atom stereocenters. The second kappa shape index (κ2) is 2.51. The van der Waals surface area contributed by atoms with E-state index in [1.807, 2.05) is 0 Å². The molecule has 1 amide bonds. The first-order chi connectivity index (χ1) is 6.65. The number of fused-ring (bicyclic) bond motifs is 2. The smallest absolute Gasteiger partial charge is 0.246 e. The van der Waals surface area contributed by atoms with Gasteiger partial charge in [0.05, 0.1) is 34.0 Å². The van der Waals surface area contributed by atoms with Gasteiger partial charge in [0.15, 0.2) is 0 Å². The molecule has 1 heterocycles. The first kappa shape index (κ1) is 8.71. The summed E-state index contributed by atoms with van der Waals surface area (Å²) < 4.78 is 1.78. The van der Waals surface area contributed by atoms with E-state index < -0.39 is 0 Å². The van der Waals surface area contributed by atoms with Gasteiger partial charge >= 0.3 is 0 Å². The van der Waals surface area contributed by atoms with Crippen molar-refractivity contribution in [2.75, 3.05) is 3.11 Å². The van der Waals surface area contributed by atoms with Crippen molar-refractivity contribution in [2.45, 2.75) is 25.2 Å². The zero-order valence-corrected chi connectivity index (χ0v) is 10.0. The molecule has 0 radical (unpaired) electrons. The number of benzene rings is 1. The predicted octanol–water partition coefficient (Wildman–Crippen LogP) is 2.72. The van der Waals surface area contributed by atoms with Crippen LogP contribution in [0.15, 0.2) is 18.2 Å². The Kier molecular flexibility index (Phi) is 1.56. The molecule has 1 spiro atoms. The summed E-state index contributed by atoms with van der Waals surface area (Å²) in [6.07, 6.45) is 2.06. The minimum Gasteiger partial charge on any atom is -0.273 e. The number of hydrogen-bond acceptors (Lipinski definition) is 1. The molecule has 14 heavy (non-hydrogen) atoms. The van der Waals surface area contributed by atoms with E-state index in [0.717, 1.165) is 18.5 Å². The molecule has 0 bridgehead atoms. The quantitative estimate of drug-likeness (QED) is 0.533. The van der Waals surface area contributed by atoms with Crippen molar-refractivity contribution < 1.29 is 4.79 Å². The maximum absolute atomic E-state index is 12.0. The average Bonchev–Trinajstić information content (AvgIpc) is 2.93. The Hall–Kier alpha value is -0.580. The van der Waals surface area contributed by atoms with E-state index in [1.165, 1.54) is 11.1 Å². The van der Waals surface area contributed by atoms with Crippen LogP contribution in [-0.4, -0.2) is 5.91 Å². The van der Waals surface area contributed by atoms with Gasteiger partial charge in [-0.2, -0.15) is 0 Å². The lowest BCUT2D eigenvalue weighted by atomic mass is 9.97. The van der Waals surface area contributed by atoms with Crippen LogP contribution in [0.2, 0.25) is 0 Å². The molecule has 2 aliphatic rings. The fourth-order valence-electron chi connectivity index (χ4n) is 2.23. The van der Waals surface area contributed by atoms with Crippen molar-refractivity contribution >= 4 is 34.5 Å². The molecule has 1 saturated carbocycles. The minimum atomic E-state index is -0.121. The third kappa shape index (κ3) is 0.886. The van der Waals surface area contributed by atoms with Crippen molar-refractivity contribution in [1.82, 2.24) is 0 Å². The molecule has 1 fully saturated rings. The molecule has 72 valence electrons. The van der Waals surface area contributed by atoms with Gasteiger partial charge in [0.1, 0.15) is 0 Å². The van der Waals surface area contributed by atoms with Gasteiger partial charge in [-0.05, 0) is 37.0 Å². The molecule has 1 aliphatic carbocycles. The summed E-state index contributed by atoms with van der Waals surface area (Å²) in [6.45, 7) is 2.06. The minimum absolute atomic E-state index is 0.121. The first-order valence-electron chi connectivity index (χ1n) is 4.77. The number of amides is 1. The van der Waals surface area contributed by atoms with E-state index >= 15 is 0 Å². The first-order valence-corrected chi connectivity index (χ1v) is 5.73. The number of aryl methyl sites for hydroxylation is 1. The molecule has 3 heteroatoms. The fraction of sp³-hybridized carbons (Fsp3) is 0.364. The summed E-state index contributed by atoms with van der Waals surface area (Å²) in [6, 6.07) is 6.32. The second-order valence-corrected chi connectivity index (χ2v) is 5.15. The van der Waals surface area contributed by atoms with Crippen molar-refractivity contribution in [1.29, 1.82) is 0 Å². The molecule has 3 rings (SSSR count). The lowest BCUT2D eigenvalue weighted by Crippen LogP contribution is -2.23. The third-order valence-electron chi connectivity index (χ3n) is 3.22. The highest BCUT2D eigenvalue weighted by Crippen LogP contribution is 2.58. The summed E-state index contributed by atoms with van der Waals surface area (Å²) in [5, 5.41) is 0. The van der Waals surface area contributed by atoms with Gasteiger partial charge in [-0.15, -0.1) is 0 Å². The maximum Gasteiger partial charge on any atom is 0.246 e. The topological polar surface area (TPSA) is 20.3 Å². The number of rotatable bonds is 0. The second-order valence-electron chi connectivity index (χ2n) is 4.19. The van der Waals surface area contributed by atoms with Gasteiger partial charge in [0.2, 0.25) is 5.91 Å². The Morgan fingerprint density at radius 1 is 1.43 bits per heavy atom. The van der Waals surface area contributed by atoms with Crippen LogP contribution >= 0.6 is 22.9 Å². The number of anilines is 1. The van der Waals surface area contributed by atoms with Gasteiger partial charge in [-0.1, -0.05) is 12.1 Å². The Bertz CT molecular complexity index is 437. The summed E-state index contributed by atoms with van der Waals surface area (Å²) in [5.74, 6) is 0.277. The van der Waals surface area contributed by atoms with Gasteiger partial charge in [-0.3, -0.25) is 7.91 Å². The number of carbonyl (C=O) groups excluding carboxylic acids is 1. The van der Waals surface area contributed by atoms with Crippen molar-refractivity contribution in [2.24, 2.45) is 0 Å². The van der Waals surface area contributed by atoms with Gasteiger partial charge in [0.25, 0.3) is 0 Å². The Morgan fingerprint density at radius 3 is 2.79 bits per heavy atom. The van der Waals surface area contributed by atoms with Crippen LogP contribution in [0.5, 0.6) is 0 Å². The van der Waals surface area contributed by atoms with E-state index in [0.29, 0.717) is 0 Å². The fourth-order valence-corrected chi connectivity index (χ4v) is 3.09. The molecule has 2 nitrogen and oxygen atoms in total. The summed E-state index contributed by atoms with van der Waals surface area (Å²) >= 11 is 2.12.